The summed E-state index contributed by atoms with van der Waals surface area (Å²) in [6, 6.07) is 7.83. The first kappa shape index (κ1) is 10.1. The maximum absolute atomic E-state index is 8.68. The third kappa shape index (κ3) is 2.46. The Morgan fingerprint density at radius 2 is 2.08 bits per heavy atom. The van der Waals surface area contributed by atoms with Gasteiger partial charge in [-0.05, 0) is 24.0 Å². The maximum Gasteiger partial charge on any atom is 0.186 e. The summed E-state index contributed by atoms with van der Waals surface area (Å²) in [4.78, 5) is 0. The van der Waals surface area contributed by atoms with Crippen LogP contribution in [0, 0.1) is 0 Å². The fraction of sp³-hybridized carbons (Fsp3) is 0.455. The average Bonchev–Trinajstić information content (AvgIpc) is 2.18. The average molecular weight is 180 g/mol. The number of para-hydroxylation sites is 1. The molecule has 1 rings (SSSR count). The van der Waals surface area contributed by atoms with Crippen LogP contribution in [-0.2, 0) is 0 Å². The molecule has 0 saturated carbocycles. The van der Waals surface area contributed by atoms with Crippen LogP contribution in [0.1, 0.15) is 31.7 Å². The van der Waals surface area contributed by atoms with Crippen LogP contribution >= 0.6 is 0 Å². The molecule has 0 heterocycles. The zero-order chi connectivity index (χ0) is 9.68. The molecular weight excluding hydrogens is 164 g/mol. The smallest absolute Gasteiger partial charge is 0.186 e. The minimum atomic E-state index is -0.257. The van der Waals surface area contributed by atoms with Gasteiger partial charge in [-0.15, -0.1) is 0 Å². The van der Waals surface area contributed by atoms with E-state index in [0.717, 1.165) is 12.2 Å². The van der Waals surface area contributed by atoms with Crippen LogP contribution in [0.5, 0.6) is 5.75 Å². The Morgan fingerprint density at radius 3 is 2.69 bits per heavy atom. The van der Waals surface area contributed by atoms with Crippen molar-refractivity contribution in [1.82, 2.24) is 0 Å². The van der Waals surface area contributed by atoms with Crippen molar-refractivity contribution in [2.45, 2.75) is 26.2 Å². The van der Waals surface area contributed by atoms with Crippen molar-refractivity contribution in [1.29, 1.82) is 0 Å². The highest BCUT2D eigenvalue weighted by Gasteiger charge is 2.08. The van der Waals surface area contributed by atoms with E-state index in [0.29, 0.717) is 5.92 Å². The molecule has 0 aliphatic heterocycles. The molecule has 0 fully saturated rings. The van der Waals surface area contributed by atoms with E-state index in [1.54, 1.807) is 0 Å². The molecule has 1 aromatic rings. The van der Waals surface area contributed by atoms with E-state index < -0.39 is 0 Å². The fourth-order valence-electron chi connectivity index (χ4n) is 1.31. The van der Waals surface area contributed by atoms with Gasteiger partial charge in [-0.1, -0.05) is 32.0 Å². The lowest BCUT2D eigenvalue weighted by atomic mass is 9.98. The highest BCUT2D eigenvalue weighted by atomic mass is 16.6. The molecule has 0 bridgehead atoms. The summed E-state index contributed by atoms with van der Waals surface area (Å²) in [5, 5.41) is 8.68. The van der Waals surface area contributed by atoms with Crippen LogP contribution in [0.3, 0.4) is 0 Å². The highest BCUT2D eigenvalue weighted by Crippen LogP contribution is 2.27. The molecule has 1 N–H and O–H groups in total. The standard InChI is InChI=1S/C11H16O2/c1-3-9(2)10-6-4-5-7-11(10)13-8-12/h4-7,9,12H,3,8H2,1-2H3. The van der Waals surface area contributed by atoms with Crippen LogP contribution < -0.4 is 4.74 Å². The van der Waals surface area contributed by atoms with Crippen LogP contribution in [0.2, 0.25) is 0 Å². The summed E-state index contributed by atoms with van der Waals surface area (Å²) in [7, 11) is 0. The second kappa shape index (κ2) is 4.87. The lowest BCUT2D eigenvalue weighted by Crippen LogP contribution is -2.00. The third-order valence-corrected chi connectivity index (χ3v) is 2.28. The van der Waals surface area contributed by atoms with Crippen molar-refractivity contribution in [3.05, 3.63) is 29.8 Å². The molecule has 0 aliphatic rings. The Labute approximate surface area is 79.2 Å². The van der Waals surface area contributed by atoms with E-state index in [1.807, 2.05) is 24.3 Å². The van der Waals surface area contributed by atoms with Gasteiger partial charge in [-0.3, -0.25) is 0 Å². The van der Waals surface area contributed by atoms with Gasteiger partial charge >= 0.3 is 0 Å². The Hall–Kier alpha value is -1.02. The van der Waals surface area contributed by atoms with Crippen LogP contribution in [-0.4, -0.2) is 11.9 Å². The number of hydrogen-bond donors (Lipinski definition) is 1. The number of hydrogen-bond acceptors (Lipinski definition) is 2. The molecule has 13 heavy (non-hydrogen) atoms. The van der Waals surface area contributed by atoms with Gasteiger partial charge < -0.3 is 9.84 Å². The van der Waals surface area contributed by atoms with Crippen LogP contribution in [0.4, 0.5) is 0 Å². The Morgan fingerprint density at radius 1 is 1.38 bits per heavy atom. The molecule has 1 aromatic carbocycles. The number of aliphatic hydroxyl groups excluding tert-OH is 1. The summed E-state index contributed by atoms with van der Waals surface area (Å²) in [6.07, 6.45) is 1.08. The van der Waals surface area contributed by atoms with E-state index in [2.05, 4.69) is 13.8 Å². The predicted octanol–water partition coefficient (Wildman–Crippen LogP) is 2.53. The van der Waals surface area contributed by atoms with Crippen molar-refractivity contribution in [2.75, 3.05) is 6.79 Å². The van der Waals surface area contributed by atoms with Crippen molar-refractivity contribution < 1.29 is 9.84 Å². The topological polar surface area (TPSA) is 29.5 Å². The minimum absolute atomic E-state index is 0.257. The largest absolute Gasteiger partial charge is 0.467 e. The van der Waals surface area contributed by atoms with Crippen LogP contribution in [0.15, 0.2) is 24.3 Å². The van der Waals surface area contributed by atoms with E-state index >= 15 is 0 Å². The van der Waals surface area contributed by atoms with E-state index in [9.17, 15) is 0 Å². The normalized spacial score (nSPS) is 12.5. The second-order valence-electron chi connectivity index (χ2n) is 3.12. The lowest BCUT2D eigenvalue weighted by Gasteiger charge is -2.13. The van der Waals surface area contributed by atoms with E-state index in [4.69, 9.17) is 9.84 Å². The highest BCUT2D eigenvalue weighted by molar-refractivity contribution is 5.35. The van der Waals surface area contributed by atoms with Gasteiger partial charge in [0.05, 0.1) is 0 Å². The first-order chi connectivity index (χ1) is 6.29. The SMILES string of the molecule is CCC(C)c1ccccc1OCO. The molecule has 2 nitrogen and oxygen atoms in total. The summed E-state index contributed by atoms with van der Waals surface area (Å²) >= 11 is 0. The molecule has 0 aliphatic carbocycles. The Bertz CT molecular complexity index is 258. The second-order valence-corrected chi connectivity index (χ2v) is 3.12. The molecule has 0 saturated heterocycles. The van der Waals surface area contributed by atoms with Gasteiger partial charge in [0, 0.05) is 0 Å². The van der Waals surface area contributed by atoms with Crippen molar-refractivity contribution in [3.63, 3.8) is 0 Å². The fourth-order valence-corrected chi connectivity index (χ4v) is 1.31. The minimum Gasteiger partial charge on any atom is -0.467 e. The van der Waals surface area contributed by atoms with Crippen molar-refractivity contribution in [2.24, 2.45) is 0 Å². The Kier molecular flexibility index (Phi) is 3.77. The molecule has 0 amide bonds. The van der Waals surface area contributed by atoms with Gasteiger partial charge in [-0.25, -0.2) is 0 Å². The lowest BCUT2D eigenvalue weighted by molar-refractivity contribution is 0.0972. The molecule has 72 valence electrons. The van der Waals surface area contributed by atoms with Gasteiger partial charge in [0.1, 0.15) is 5.75 Å². The molecule has 1 unspecified atom stereocenters. The molecule has 0 spiro atoms. The summed E-state index contributed by atoms with van der Waals surface area (Å²) < 4.78 is 5.12. The molecule has 2 heteroatoms. The summed E-state index contributed by atoms with van der Waals surface area (Å²) in [5.41, 5.74) is 1.17. The van der Waals surface area contributed by atoms with Crippen molar-refractivity contribution >= 4 is 0 Å². The third-order valence-electron chi connectivity index (χ3n) is 2.28. The first-order valence-electron chi connectivity index (χ1n) is 4.62. The number of benzene rings is 1. The number of ether oxygens (including phenoxy) is 1. The first-order valence-corrected chi connectivity index (χ1v) is 4.62. The van der Waals surface area contributed by atoms with Gasteiger partial charge in [0.25, 0.3) is 0 Å². The molecular formula is C11H16O2. The Balaban J connectivity index is 2.90. The number of aliphatic hydroxyl groups is 1. The quantitative estimate of drug-likeness (QED) is 0.721. The predicted molar refractivity (Wildman–Crippen MR) is 52.9 cm³/mol. The van der Waals surface area contributed by atoms with Crippen molar-refractivity contribution in [3.8, 4) is 5.75 Å². The summed E-state index contributed by atoms with van der Waals surface area (Å²) in [5.74, 6) is 1.27. The van der Waals surface area contributed by atoms with Gasteiger partial charge in [-0.2, -0.15) is 0 Å². The summed E-state index contributed by atoms with van der Waals surface area (Å²) in [6.45, 7) is 4.04. The van der Waals surface area contributed by atoms with E-state index in [-0.39, 0.29) is 6.79 Å². The van der Waals surface area contributed by atoms with Gasteiger partial charge in [0.15, 0.2) is 6.79 Å². The maximum atomic E-state index is 8.68. The number of rotatable bonds is 4. The zero-order valence-corrected chi connectivity index (χ0v) is 8.16. The zero-order valence-electron chi connectivity index (χ0n) is 8.16. The molecule has 1 atom stereocenters. The molecule has 0 radical (unpaired) electrons. The molecule has 0 aromatic heterocycles. The van der Waals surface area contributed by atoms with E-state index in [1.165, 1.54) is 5.56 Å². The monoisotopic (exact) mass is 180 g/mol. The van der Waals surface area contributed by atoms with Crippen LogP contribution in [0.25, 0.3) is 0 Å². The van der Waals surface area contributed by atoms with Gasteiger partial charge in [0.2, 0.25) is 0 Å².